The van der Waals surface area contributed by atoms with E-state index >= 15 is 0 Å². The smallest absolute Gasteiger partial charge is 0.161 e. The van der Waals surface area contributed by atoms with E-state index in [1.54, 1.807) is 0 Å². The second-order valence-electron chi connectivity index (χ2n) is 3.57. The van der Waals surface area contributed by atoms with Gasteiger partial charge < -0.3 is 9.05 Å². The maximum atomic E-state index is 11.2. The highest BCUT2D eigenvalue weighted by molar-refractivity contribution is 7.25. The molecule has 0 aliphatic rings. The Morgan fingerprint density at radius 3 is 2.19 bits per heavy atom. The van der Waals surface area contributed by atoms with Gasteiger partial charge in [-0.2, -0.15) is 0 Å². The molecule has 6 atom stereocenters. The minimum absolute atomic E-state index is 0.00355. The van der Waals surface area contributed by atoms with E-state index in [2.05, 4.69) is 18.9 Å². The van der Waals surface area contributed by atoms with Crippen LogP contribution in [0.15, 0.2) is 0 Å². The van der Waals surface area contributed by atoms with Gasteiger partial charge in [-0.05, 0) is 12.3 Å². The first-order valence-electron chi connectivity index (χ1n) is 4.98. The molecule has 8 heteroatoms. The largest absolute Gasteiger partial charge is 0.360 e. The summed E-state index contributed by atoms with van der Waals surface area (Å²) in [5, 5.41) is 0. The summed E-state index contributed by atoms with van der Waals surface area (Å²) >= 11 is 0. The van der Waals surface area contributed by atoms with Gasteiger partial charge in [0.15, 0.2) is 16.9 Å². The molecule has 0 radical (unpaired) electrons. The molecule has 16 heavy (non-hydrogen) atoms. The molecule has 0 N–H and O–H groups in total. The zero-order valence-corrected chi connectivity index (χ0v) is 13.5. The quantitative estimate of drug-likeness (QED) is 0.613. The van der Waals surface area contributed by atoms with Crippen molar-refractivity contribution < 1.29 is 18.2 Å². The van der Waals surface area contributed by atoms with E-state index < -0.39 is 0 Å². The van der Waals surface area contributed by atoms with Crippen LogP contribution < -0.4 is 0 Å². The Morgan fingerprint density at radius 1 is 1.25 bits per heavy atom. The van der Waals surface area contributed by atoms with Crippen molar-refractivity contribution >= 4 is 35.9 Å². The van der Waals surface area contributed by atoms with Gasteiger partial charge >= 0.3 is 0 Å². The van der Waals surface area contributed by atoms with Gasteiger partial charge in [0.2, 0.25) is 0 Å². The van der Waals surface area contributed by atoms with Crippen molar-refractivity contribution in [1.82, 2.24) is 0 Å². The Balaban J connectivity index is 4.71. The van der Waals surface area contributed by atoms with Crippen molar-refractivity contribution in [2.45, 2.75) is 38.1 Å². The molecule has 0 aliphatic carbocycles. The second-order valence-corrected chi connectivity index (χ2v) is 5.54. The number of rotatable bonds is 9. The lowest BCUT2D eigenvalue weighted by atomic mass is 9.99. The molecule has 0 rings (SSSR count). The molecule has 3 unspecified atom stereocenters. The molecule has 0 aliphatic heterocycles. The topological polar surface area (TPSA) is 52.6 Å². The predicted molar refractivity (Wildman–Crippen MR) is 72.5 cm³/mol. The van der Waals surface area contributed by atoms with Crippen LogP contribution in [0.1, 0.15) is 20.3 Å². The lowest BCUT2D eigenvalue weighted by molar-refractivity contribution is 0.0683. The Bertz CT molecular complexity index is 212. The van der Waals surface area contributed by atoms with E-state index in [4.69, 9.17) is 9.05 Å². The van der Waals surface area contributed by atoms with Crippen LogP contribution in [-0.2, 0) is 18.2 Å². The average Bonchev–Trinajstić information content (AvgIpc) is 2.29. The molecule has 0 aromatic carbocycles. The summed E-state index contributed by atoms with van der Waals surface area (Å²) in [7, 11) is 4.45. The molecule has 94 valence electrons. The van der Waals surface area contributed by atoms with Crippen LogP contribution >= 0.6 is 35.9 Å². The third-order valence-corrected chi connectivity index (χ3v) is 4.94. The fourth-order valence-corrected chi connectivity index (χ4v) is 3.66. The molecular weight excluding hydrogens is 284 g/mol. The van der Waals surface area contributed by atoms with Gasteiger partial charge in [0, 0.05) is 25.1 Å². The average molecular weight is 302 g/mol. The fourth-order valence-electron chi connectivity index (χ4n) is 1.51. The Morgan fingerprint density at radius 2 is 1.88 bits per heavy atom. The fraction of sp³-hybridized carbons (Fsp3) is 1.00. The molecule has 4 nitrogen and oxygen atoms in total. The van der Waals surface area contributed by atoms with E-state index in [0.717, 1.165) is 6.42 Å². The highest BCUT2D eigenvalue weighted by atomic mass is 31.1. The minimum atomic E-state index is -0.289. The van der Waals surface area contributed by atoms with E-state index in [9.17, 15) is 9.13 Å². The first-order valence-corrected chi connectivity index (χ1v) is 7.81. The van der Waals surface area contributed by atoms with Gasteiger partial charge in [0.1, 0.15) is 6.10 Å². The maximum absolute atomic E-state index is 11.2. The summed E-state index contributed by atoms with van der Waals surface area (Å²) in [6, 6.07) is 0. The summed E-state index contributed by atoms with van der Waals surface area (Å²) in [6.07, 6.45) is 0.803. The van der Waals surface area contributed by atoms with E-state index in [0.29, 0.717) is 6.16 Å². The molecule has 0 aromatic heterocycles. The van der Waals surface area contributed by atoms with E-state index in [1.807, 2.05) is 13.8 Å². The SMILES string of the molecule is CC[C@H](OP)[C@@H](OP)C(P=O)[C@H](C)CP=O. The lowest BCUT2D eigenvalue weighted by Gasteiger charge is -2.29. The Labute approximate surface area is 105 Å². The van der Waals surface area contributed by atoms with Crippen LogP contribution in [0.25, 0.3) is 0 Å². The molecule has 0 aromatic rings. The Hall–Kier alpha value is 0.980. The first-order chi connectivity index (χ1) is 7.65. The van der Waals surface area contributed by atoms with Crippen molar-refractivity contribution in [2.75, 3.05) is 6.16 Å². The van der Waals surface area contributed by atoms with Crippen LogP contribution in [0.5, 0.6) is 0 Å². The summed E-state index contributed by atoms with van der Waals surface area (Å²) in [6.45, 7) is 3.88. The van der Waals surface area contributed by atoms with Crippen LogP contribution in [-0.4, -0.2) is 24.0 Å². The zero-order valence-electron chi connectivity index (χ0n) is 9.41. The molecule has 0 bridgehead atoms. The van der Waals surface area contributed by atoms with Crippen LogP contribution in [0.4, 0.5) is 0 Å². The van der Waals surface area contributed by atoms with Gasteiger partial charge in [-0.3, -0.25) is 9.13 Å². The molecule has 0 spiro atoms. The molecule has 0 saturated carbocycles. The molecular formula is C8H18O4P4. The van der Waals surface area contributed by atoms with Gasteiger partial charge in [-0.1, -0.05) is 13.8 Å². The van der Waals surface area contributed by atoms with Crippen LogP contribution in [0.3, 0.4) is 0 Å². The molecule has 0 saturated heterocycles. The van der Waals surface area contributed by atoms with Gasteiger partial charge in [-0.25, -0.2) is 0 Å². The molecule has 0 fully saturated rings. The van der Waals surface area contributed by atoms with E-state index in [-0.39, 0.29) is 40.7 Å². The van der Waals surface area contributed by atoms with Crippen molar-refractivity contribution in [2.24, 2.45) is 5.92 Å². The van der Waals surface area contributed by atoms with E-state index in [1.165, 1.54) is 0 Å². The normalized spacial score (nSPS) is 19.5. The summed E-state index contributed by atoms with van der Waals surface area (Å²) in [4.78, 5) is 0. The Kier molecular flexibility index (Phi) is 10.6. The molecule has 0 amide bonds. The van der Waals surface area contributed by atoms with Crippen LogP contribution in [0.2, 0.25) is 0 Å². The lowest BCUT2D eigenvalue weighted by Crippen LogP contribution is -2.38. The second kappa shape index (κ2) is 9.95. The highest BCUT2D eigenvalue weighted by Gasteiger charge is 2.33. The van der Waals surface area contributed by atoms with Gasteiger partial charge in [-0.15, -0.1) is 0 Å². The summed E-state index contributed by atoms with van der Waals surface area (Å²) in [5.41, 5.74) is -0.218. The minimum Gasteiger partial charge on any atom is -0.360 e. The molecule has 0 heterocycles. The summed E-state index contributed by atoms with van der Waals surface area (Å²) in [5.74, 6) is 0.0399. The number of hydrogen-bond donors (Lipinski definition) is 0. The van der Waals surface area contributed by atoms with Crippen molar-refractivity contribution in [3.8, 4) is 0 Å². The van der Waals surface area contributed by atoms with Crippen LogP contribution in [0, 0.1) is 5.92 Å². The van der Waals surface area contributed by atoms with Crippen molar-refractivity contribution in [3.05, 3.63) is 0 Å². The maximum Gasteiger partial charge on any atom is 0.161 e. The van der Waals surface area contributed by atoms with Gasteiger partial charge in [0.05, 0.1) is 11.8 Å². The monoisotopic (exact) mass is 302 g/mol. The summed E-state index contributed by atoms with van der Waals surface area (Å²) < 4.78 is 32.3. The standard InChI is InChI=1S/C8H18O4P4/c1-3-6(11-13)7(12-14)8(16-10)5(2)4-15-9/h5-8H,3-4,13-14H2,1-2H3/t5-,6+,7-,8?/m1/s1. The third-order valence-electron chi connectivity index (χ3n) is 2.50. The first kappa shape index (κ1) is 17.0. The van der Waals surface area contributed by atoms with Gasteiger partial charge in [0.25, 0.3) is 0 Å². The van der Waals surface area contributed by atoms with Crippen molar-refractivity contribution in [1.29, 1.82) is 0 Å². The zero-order chi connectivity index (χ0) is 12.6. The highest BCUT2D eigenvalue weighted by Crippen LogP contribution is 2.31. The predicted octanol–water partition coefficient (Wildman–Crippen LogP) is 3.34. The third kappa shape index (κ3) is 5.09. The van der Waals surface area contributed by atoms with Crippen molar-refractivity contribution in [3.63, 3.8) is 0 Å². The number of hydrogen-bond acceptors (Lipinski definition) is 4.